The second-order valence-electron chi connectivity index (χ2n) is 5.91. The molecule has 0 aromatic carbocycles. The lowest BCUT2D eigenvalue weighted by molar-refractivity contribution is 0.0982. The van der Waals surface area contributed by atoms with Crippen molar-refractivity contribution in [3.63, 3.8) is 0 Å². The van der Waals surface area contributed by atoms with Gasteiger partial charge in [-0.05, 0) is 39.7 Å². The Morgan fingerprint density at radius 3 is 3.00 bits per heavy atom. The van der Waals surface area contributed by atoms with Gasteiger partial charge in [-0.3, -0.25) is 4.68 Å². The van der Waals surface area contributed by atoms with E-state index in [0.29, 0.717) is 6.04 Å². The molecule has 3 rings (SSSR count). The summed E-state index contributed by atoms with van der Waals surface area (Å²) in [6.07, 6.45) is 5.29. The maximum atomic E-state index is 5.94. The molecule has 120 valence electrons. The number of hydrogen-bond donors (Lipinski definition) is 1. The number of aromatic nitrogens is 3. The van der Waals surface area contributed by atoms with Gasteiger partial charge in [0.25, 0.3) is 0 Å². The van der Waals surface area contributed by atoms with E-state index in [2.05, 4.69) is 34.6 Å². The molecule has 0 spiro atoms. The van der Waals surface area contributed by atoms with Gasteiger partial charge in [-0.25, -0.2) is 4.98 Å². The molecule has 3 heterocycles. The molecule has 0 radical (unpaired) electrons. The van der Waals surface area contributed by atoms with Crippen LogP contribution in [0, 0.1) is 13.8 Å². The summed E-state index contributed by atoms with van der Waals surface area (Å²) in [5.74, 6) is 0. The average Bonchev–Trinajstić information content (AvgIpc) is 3.19. The summed E-state index contributed by atoms with van der Waals surface area (Å²) in [5, 5.41) is 11.3. The molecule has 2 aromatic rings. The van der Waals surface area contributed by atoms with Crippen molar-refractivity contribution in [1.29, 1.82) is 0 Å². The first-order chi connectivity index (χ1) is 10.6. The SMILES string of the molecule is Cc1nc(CCCN[C@H]2CCO[C@@H]2c2cnn(C)c2C)cs1. The molecule has 0 bridgehead atoms. The molecule has 2 atom stereocenters. The molecule has 22 heavy (non-hydrogen) atoms. The highest BCUT2D eigenvalue weighted by Crippen LogP contribution is 2.30. The minimum absolute atomic E-state index is 0.134. The van der Waals surface area contributed by atoms with Crippen LogP contribution in [0.1, 0.15) is 40.9 Å². The van der Waals surface area contributed by atoms with E-state index < -0.39 is 0 Å². The van der Waals surface area contributed by atoms with Crippen LogP contribution in [0.15, 0.2) is 11.6 Å². The van der Waals surface area contributed by atoms with E-state index in [1.165, 1.54) is 17.0 Å². The molecule has 2 aromatic heterocycles. The molecule has 1 aliphatic rings. The molecule has 1 saturated heterocycles. The lowest BCUT2D eigenvalue weighted by Crippen LogP contribution is -2.32. The van der Waals surface area contributed by atoms with Gasteiger partial charge in [0, 0.05) is 36.3 Å². The Labute approximate surface area is 135 Å². The molecular formula is C16H24N4OS. The van der Waals surface area contributed by atoms with Gasteiger partial charge in [-0.15, -0.1) is 11.3 Å². The number of nitrogens with one attached hydrogen (secondary N) is 1. The van der Waals surface area contributed by atoms with Gasteiger partial charge in [-0.1, -0.05) is 0 Å². The first-order valence-electron chi connectivity index (χ1n) is 7.89. The lowest BCUT2D eigenvalue weighted by atomic mass is 10.0. The summed E-state index contributed by atoms with van der Waals surface area (Å²) in [5.41, 5.74) is 3.62. The van der Waals surface area contributed by atoms with E-state index in [-0.39, 0.29) is 6.10 Å². The Hall–Kier alpha value is -1.24. The molecule has 0 saturated carbocycles. The van der Waals surface area contributed by atoms with Crippen LogP contribution >= 0.6 is 11.3 Å². The van der Waals surface area contributed by atoms with Crippen molar-refractivity contribution in [2.45, 2.75) is 45.3 Å². The van der Waals surface area contributed by atoms with Crippen LogP contribution in [0.3, 0.4) is 0 Å². The second-order valence-corrected chi connectivity index (χ2v) is 6.97. The van der Waals surface area contributed by atoms with Crippen molar-refractivity contribution < 1.29 is 4.74 Å². The largest absolute Gasteiger partial charge is 0.372 e. The molecule has 1 aliphatic heterocycles. The maximum Gasteiger partial charge on any atom is 0.101 e. The van der Waals surface area contributed by atoms with E-state index in [0.717, 1.165) is 37.4 Å². The molecule has 6 heteroatoms. The van der Waals surface area contributed by atoms with E-state index in [9.17, 15) is 0 Å². The number of hydrogen-bond acceptors (Lipinski definition) is 5. The van der Waals surface area contributed by atoms with Gasteiger partial charge < -0.3 is 10.1 Å². The lowest BCUT2D eigenvalue weighted by Gasteiger charge is -2.19. The van der Waals surface area contributed by atoms with Gasteiger partial charge in [0.05, 0.1) is 16.9 Å². The van der Waals surface area contributed by atoms with Crippen molar-refractivity contribution in [2.24, 2.45) is 7.05 Å². The zero-order valence-corrected chi connectivity index (χ0v) is 14.3. The van der Waals surface area contributed by atoms with Crippen LogP contribution in [0.2, 0.25) is 0 Å². The van der Waals surface area contributed by atoms with Gasteiger partial charge in [0.1, 0.15) is 6.10 Å². The summed E-state index contributed by atoms with van der Waals surface area (Å²) in [6.45, 7) is 5.98. The highest BCUT2D eigenvalue weighted by Gasteiger charge is 2.31. The number of nitrogens with zero attached hydrogens (tertiary/aromatic N) is 3. The van der Waals surface area contributed by atoms with E-state index >= 15 is 0 Å². The van der Waals surface area contributed by atoms with Crippen molar-refractivity contribution in [3.8, 4) is 0 Å². The predicted molar refractivity (Wildman–Crippen MR) is 88.2 cm³/mol. The van der Waals surface area contributed by atoms with Crippen molar-refractivity contribution in [3.05, 3.63) is 33.5 Å². The van der Waals surface area contributed by atoms with E-state index in [1.54, 1.807) is 11.3 Å². The van der Waals surface area contributed by atoms with Gasteiger partial charge in [0.2, 0.25) is 0 Å². The molecule has 1 N–H and O–H groups in total. The maximum absolute atomic E-state index is 5.94. The van der Waals surface area contributed by atoms with Crippen molar-refractivity contribution >= 4 is 11.3 Å². The third kappa shape index (κ3) is 3.39. The van der Waals surface area contributed by atoms with E-state index in [4.69, 9.17) is 4.74 Å². The Morgan fingerprint density at radius 2 is 2.32 bits per heavy atom. The molecule has 1 fully saturated rings. The fourth-order valence-electron chi connectivity index (χ4n) is 2.98. The minimum atomic E-state index is 0.134. The van der Waals surface area contributed by atoms with Crippen LogP contribution in [0.25, 0.3) is 0 Å². The first-order valence-corrected chi connectivity index (χ1v) is 8.77. The van der Waals surface area contributed by atoms with Crippen LogP contribution < -0.4 is 5.32 Å². The molecular weight excluding hydrogens is 296 g/mol. The number of thiazole rings is 1. The summed E-state index contributed by atoms with van der Waals surface area (Å²) in [7, 11) is 1.98. The van der Waals surface area contributed by atoms with Crippen molar-refractivity contribution in [1.82, 2.24) is 20.1 Å². The summed E-state index contributed by atoms with van der Waals surface area (Å²) < 4.78 is 7.85. The van der Waals surface area contributed by atoms with E-state index in [1.807, 2.05) is 17.9 Å². The van der Waals surface area contributed by atoms with Crippen LogP contribution in [0.5, 0.6) is 0 Å². The van der Waals surface area contributed by atoms with Crippen molar-refractivity contribution in [2.75, 3.05) is 13.2 Å². The third-order valence-corrected chi connectivity index (χ3v) is 5.18. The fraction of sp³-hybridized carbons (Fsp3) is 0.625. The Morgan fingerprint density at radius 1 is 1.45 bits per heavy atom. The highest BCUT2D eigenvalue weighted by molar-refractivity contribution is 7.09. The zero-order valence-electron chi connectivity index (χ0n) is 13.5. The Balaban J connectivity index is 1.50. The van der Waals surface area contributed by atoms with Crippen LogP contribution in [-0.4, -0.2) is 34.0 Å². The topological polar surface area (TPSA) is 52.0 Å². The third-order valence-electron chi connectivity index (χ3n) is 4.35. The van der Waals surface area contributed by atoms with Gasteiger partial charge in [0.15, 0.2) is 0 Å². The first kappa shape index (κ1) is 15.6. The van der Waals surface area contributed by atoms with Crippen LogP contribution in [-0.2, 0) is 18.2 Å². The number of aryl methyl sites for hydroxylation is 3. The Kier molecular flexibility index (Phi) is 4.90. The fourth-order valence-corrected chi connectivity index (χ4v) is 3.63. The van der Waals surface area contributed by atoms with Crippen LogP contribution in [0.4, 0.5) is 0 Å². The quantitative estimate of drug-likeness (QED) is 0.831. The predicted octanol–water partition coefficient (Wildman–Crippen LogP) is 2.55. The van der Waals surface area contributed by atoms with Gasteiger partial charge >= 0.3 is 0 Å². The monoisotopic (exact) mass is 320 g/mol. The smallest absolute Gasteiger partial charge is 0.101 e. The Bertz CT molecular complexity index is 621. The minimum Gasteiger partial charge on any atom is -0.372 e. The normalized spacial score (nSPS) is 21.6. The molecule has 0 unspecified atom stereocenters. The molecule has 0 amide bonds. The number of ether oxygens (including phenoxy) is 1. The standard InChI is InChI=1S/C16H24N4OS/c1-11-14(9-18-20(11)3)16-15(6-8-21-16)17-7-4-5-13-10-22-12(2)19-13/h9-10,15-17H,4-8H2,1-3H3/t15-,16+/m0/s1. The number of rotatable bonds is 6. The summed E-state index contributed by atoms with van der Waals surface area (Å²) >= 11 is 1.73. The summed E-state index contributed by atoms with van der Waals surface area (Å²) in [6, 6.07) is 0.389. The second kappa shape index (κ2) is 6.89. The average molecular weight is 320 g/mol. The zero-order chi connectivity index (χ0) is 15.5. The van der Waals surface area contributed by atoms with Gasteiger partial charge in [-0.2, -0.15) is 5.10 Å². The molecule has 5 nitrogen and oxygen atoms in total. The summed E-state index contributed by atoms with van der Waals surface area (Å²) in [4.78, 5) is 4.51. The highest BCUT2D eigenvalue weighted by atomic mass is 32.1. The molecule has 0 aliphatic carbocycles.